The molecule has 0 spiro atoms. The molecule has 1 rings (SSSR count). The van der Waals surface area contributed by atoms with Crippen LogP contribution in [-0.4, -0.2) is 22.2 Å². The highest BCUT2D eigenvalue weighted by Crippen LogP contribution is 2.06. The van der Waals surface area contributed by atoms with E-state index in [2.05, 4.69) is 20.9 Å². The van der Waals surface area contributed by atoms with Crippen LogP contribution in [0.15, 0.2) is 16.7 Å². The maximum Gasteiger partial charge on any atom is 0.491 e. The molecule has 0 aromatic carbocycles. The number of hydrogen-bond donors (Lipinski definition) is 2. The number of aromatic nitrogens is 1. The summed E-state index contributed by atoms with van der Waals surface area (Å²) in [7, 11) is -1.44. The molecule has 0 aliphatic carbocycles. The molecule has 0 fully saturated rings. The highest BCUT2D eigenvalue weighted by molar-refractivity contribution is 14.1. The van der Waals surface area contributed by atoms with Crippen molar-refractivity contribution >= 4 is 51.1 Å². The molecule has 1 aromatic heterocycles. The lowest BCUT2D eigenvalue weighted by atomic mass is 9.82. The third-order valence-electron chi connectivity index (χ3n) is 1.12. The first-order valence-electron chi connectivity index (χ1n) is 2.79. The summed E-state index contributed by atoms with van der Waals surface area (Å²) in [5, 5.41) is 17.6. The van der Waals surface area contributed by atoms with Crippen molar-refractivity contribution in [2.45, 2.75) is 0 Å². The Kier molecular flexibility index (Phi) is 3.29. The molecule has 1 aromatic rings. The molecule has 0 saturated carbocycles. The molecule has 1 heterocycles. The van der Waals surface area contributed by atoms with Crippen LogP contribution >= 0.6 is 38.5 Å². The third-order valence-corrected chi connectivity index (χ3v) is 2.43. The maximum atomic E-state index is 8.79. The fourth-order valence-electron chi connectivity index (χ4n) is 0.615. The predicted octanol–water partition coefficient (Wildman–Crippen LogP) is 0.128. The smallest absolute Gasteiger partial charge is 0.423 e. The van der Waals surface area contributed by atoms with Crippen molar-refractivity contribution in [2.24, 2.45) is 0 Å². The van der Waals surface area contributed by atoms with E-state index in [0.29, 0.717) is 13.8 Å². The summed E-state index contributed by atoms with van der Waals surface area (Å²) in [6, 6.07) is 3.28. The average molecular weight is 328 g/mol. The van der Waals surface area contributed by atoms with E-state index in [4.69, 9.17) is 10.0 Å². The van der Waals surface area contributed by atoms with Crippen LogP contribution in [0.4, 0.5) is 0 Å². The lowest BCUT2D eigenvalue weighted by Gasteiger charge is -2.00. The van der Waals surface area contributed by atoms with Gasteiger partial charge in [0.05, 0.1) is 0 Å². The summed E-state index contributed by atoms with van der Waals surface area (Å²) in [5.74, 6) is 0. The van der Waals surface area contributed by atoms with Crippen molar-refractivity contribution in [2.75, 3.05) is 0 Å². The topological polar surface area (TPSA) is 53.4 Å². The van der Waals surface area contributed by atoms with Gasteiger partial charge in [0.2, 0.25) is 0 Å². The van der Waals surface area contributed by atoms with E-state index >= 15 is 0 Å². The van der Waals surface area contributed by atoms with Gasteiger partial charge >= 0.3 is 7.12 Å². The highest BCUT2D eigenvalue weighted by atomic mass is 127. The molecule has 0 atom stereocenters. The van der Waals surface area contributed by atoms with Gasteiger partial charge in [0, 0.05) is 5.46 Å². The molecule has 0 amide bonds. The van der Waals surface area contributed by atoms with Crippen LogP contribution in [-0.2, 0) is 0 Å². The van der Waals surface area contributed by atoms with Gasteiger partial charge in [0.25, 0.3) is 0 Å². The summed E-state index contributed by atoms with van der Waals surface area (Å²) in [6.45, 7) is 0. The molecular formula is C5H4BBrINO2. The Labute approximate surface area is 86.3 Å². The molecule has 11 heavy (non-hydrogen) atoms. The second-order valence-electron chi connectivity index (χ2n) is 1.89. The van der Waals surface area contributed by atoms with E-state index in [1.165, 1.54) is 0 Å². The van der Waals surface area contributed by atoms with Crippen LogP contribution in [0.2, 0.25) is 0 Å². The van der Waals surface area contributed by atoms with Gasteiger partial charge in [-0.25, -0.2) is 4.98 Å². The molecule has 58 valence electrons. The van der Waals surface area contributed by atoms with E-state index in [9.17, 15) is 0 Å². The Balaban J connectivity index is 3.09. The van der Waals surface area contributed by atoms with E-state index in [1.807, 2.05) is 22.6 Å². The minimum atomic E-state index is -1.44. The molecular weight excluding hydrogens is 324 g/mol. The third kappa shape index (κ3) is 2.39. The lowest BCUT2D eigenvalue weighted by Crippen LogP contribution is -2.32. The Morgan fingerprint density at radius 2 is 2.09 bits per heavy atom. The van der Waals surface area contributed by atoms with E-state index < -0.39 is 7.12 Å². The summed E-state index contributed by atoms with van der Waals surface area (Å²) >= 11 is 5.11. The van der Waals surface area contributed by atoms with E-state index in [0.717, 1.165) is 0 Å². The van der Waals surface area contributed by atoms with Crippen molar-refractivity contribution in [3.8, 4) is 0 Å². The minimum Gasteiger partial charge on any atom is -0.423 e. The number of pyridine rings is 1. The molecule has 6 heteroatoms. The summed E-state index contributed by atoms with van der Waals surface area (Å²) < 4.78 is 1.28. The maximum absolute atomic E-state index is 8.79. The van der Waals surface area contributed by atoms with E-state index in [-0.39, 0.29) is 0 Å². The first kappa shape index (κ1) is 9.43. The van der Waals surface area contributed by atoms with Crippen molar-refractivity contribution < 1.29 is 10.0 Å². The zero-order valence-electron chi connectivity index (χ0n) is 5.33. The van der Waals surface area contributed by atoms with Crippen LogP contribution in [0.25, 0.3) is 0 Å². The van der Waals surface area contributed by atoms with Crippen LogP contribution in [0.5, 0.6) is 0 Å². The van der Waals surface area contributed by atoms with Crippen molar-refractivity contribution in [3.63, 3.8) is 0 Å². The van der Waals surface area contributed by atoms with Crippen molar-refractivity contribution in [3.05, 3.63) is 20.4 Å². The van der Waals surface area contributed by atoms with Gasteiger partial charge < -0.3 is 10.0 Å². The molecule has 2 N–H and O–H groups in total. The first-order chi connectivity index (χ1) is 5.11. The van der Waals surface area contributed by atoms with Crippen LogP contribution < -0.4 is 5.46 Å². The van der Waals surface area contributed by atoms with Gasteiger partial charge in [0.1, 0.15) is 8.30 Å². The minimum absolute atomic E-state index is 0.425. The Morgan fingerprint density at radius 1 is 1.45 bits per heavy atom. The summed E-state index contributed by atoms with van der Waals surface area (Å²) in [4.78, 5) is 3.98. The molecule has 0 aliphatic rings. The number of halogens is 2. The van der Waals surface area contributed by atoms with Gasteiger partial charge in [-0.15, -0.1) is 0 Å². The van der Waals surface area contributed by atoms with Gasteiger partial charge in [0.15, 0.2) is 0 Å². The standard InChI is InChI=1S/C5H4BBrINO2/c7-4-2-1-3(6(10)11)5(8)9-4/h1-2,10-11H. The molecule has 0 saturated heterocycles. The largest absolute Gasteiger partial charge is 0.491 e. The molecule has 0 unspecified atom stereocenters. The van der Waals surface area contributed by atoms with Gasteiger partial charge in [-0.3, -0.25) is 0 Å². The quantitative estimate of drug-likeness (QED) is 0.438. The highest BCUT2D eigenvalue weighted by Gasteiger charge is 2.15. The zero-order valence-corrected chi connectivity index (χ0v) is 9.07. The Hall–Kier alpha value is 0.345. The summed E-state index contributed by atoms with van der Waals surface area (Å²) in [6.07, 6.45) is 0. The van der Waals surface area contributed by atoms with Crippen LogP contribution in [0.1, 0.15) is 0 Å². The van der Waals surface area contributed by atoms with Crippen molar-refractivity contribution in [1.29, 1.82) is 0 Å². The predicted molar refractivity (Wildman–Crippen MR) is 54.5 cm³/mol. The lowest BCUT2D eigenvalue weighted by molar-refractivity contribution is 0.425. The van der Waals surface area contributed by atoms with Crippen molar-refractivity contribution in [1.82, 2.24) is 4.98 Å². The van der Waals surface area contributed by atoms with Gasteiger partial charge in [-0.1, -0.05) is 6.07 Å². The van der Waals surface area contributed by atoms with E-state index in [1.54, 1.807) is 12.1 Å². The Bertz CT molecular complexity index is 271. The fourth-order valence-corrected chi connectivity index (χ4v) is 1.97. The van der Waals surface area contributed by atoms with Crippen LogP contribution in [0.3, 0.4) is 0 Å². The normalized spacial score (nSPS) is 9.82. The number of nitrogens with zero attached hydrogens (tertiary/aromatic N) is 1. The zero-order chi connectivity index (χ0) is 8.43. The second kappa shape index (κ2) is 3.84. The molecule has 0 radical (unpaired) electrons. The number of rotatable bonds is 1. The average Bonchev–Trinajstić information content (AvgIpc) is 1.85. The first-order valence-corrected chi connectivity index (χ1v) is 4.66. The van der Waals surface area contributed by atoms with Gasteiger partial charge in [-0.2, -0.15) is 0 Å². The molecule has 3 nitrogen and oxygen atoms in total. The SMILES string of the molecule is OB(O)c1ccc(Br)nc1I. The summed E-state index contributed by atoms with van der Waals surface area (Å²) in [5.41, 5.74) is 0.425. The fraction of sp³-hybridized carbons (Fsp3) is 0. The van der Waals surface area contributed by atoms with Gasteiger partial charge in [-0.05, 0) is 44.6 Å². The molecule has 0 aliphatic heterocycles. The van der Waals surface area contributed by atoms with Crippen LogP contribution in [0, 0.1) is 3.70 Å². The second-order valence-corrected chi connectivity index (χ2v) is 3.72. The number of hydrogen-bond acceptors (Lipinski definition) is 3. The Morgan fingerprint density at radius 3 is 2.55 bits per heavy atom. The molecule has 0 bridgehead atoms. The monoisotopic (exact) mass is 327 g/mol.